The van der Waals surface area contributed by atoms with Gasteiger partial charge in [-0.25, -0.2) is 0 Å². The molecule has 1 aliphatic rings. The van der Waals surface area contributed by atoms with E-state index in [1.165, 1.54) is 8.66 Å². The lowest BCUT2D eigenvalue weighted by Crippen LogP contribution is -2.53. The number of amides is 1. The van der Waals surface area contributed by atoms with Gasteiger partial charge < -0.3 is 5.32 Å². The lowest BCUT2D eigenvalue weighted by Gasteiger charge is -2.37. The quantitative estimate of drug-likeness (QED) is 0.747. The summed E-state index contributed by atoms with van der Waals surface area (Å²) in [6.45, 7) is 8.91. The molecule has 2 aromatic rings. The third-order valence-electron chi connectivity index (χ3n) is 5.00. The number of halogens is 1. The van der Waals surface area contributed by atoms with Crippen LogP contribution in [-0.4, -0.2) is 47.9 Å². The fourth-order valence-electron chi connectivity index (χ4n) is 3.29. The fourth-order valence-corrected chi connectivity index (χ4v) is 4.82. The van der Waals surface area contributed by atoms with Crippen molar-refractivity contribution in [2.24, 2.45) is 0 Å². The maximum atomic E-state index is 12.6. The molecule has 1 aromatic heterocycles. The normalized spacial score (nSPS) is 18.4. The molecular formula is C20H26BrN3OS. The van der Waals surface area contributed by atoms with E-state index in [1.54, 1.807) is 11.3 Å². The van der Waals surface area contributed by atoms with Crippen molar-refractivity contribution in [1.29, 1.82) is 0 Å². The number of hydrogen-bond donors (Lipinski definition) is 1. The van der Waals surface area contributed by atoms with E-state index in [-0.39, 0.29) is 18.0 Å². The molecule has 1 aliphatic heterocycles. The molecule has 2 atom stereocenters. The van der Waals surface area contributed by atoms with Gasteiger partial charge in [0.15, 0.2) is 0 Å². The number of carbonyl (C=O) groups excluding carboxylic acids is 1. The molecular weight excluding hydrogens is 410 g/mol. The number of carbonyl (C=O) groups is 1. The number of benzene rings is 1. The fraction of sp³-hybridized carbons (Fsp3) is 0.450. The molecule has 0 bridgehead atoms. The lowest BCUT2D eigenvalue weighted by molar-refractivity contribution is -0.127. The van der Waals surface area contributed by atoms with Gasteiger partial charge in [0.2, 0.25) is 5.91 Å². The van der Waals surface area contributed by atoms with Crippen LogP contribution in [0.25, 0.3) is 0 Å². The van der Waals surface area contributed by atoms with Crippen molar-refractivity contribution >= 4 is 33.2 Å². The molecule has 0 unspecified atom stereocenters. The Morgan fingerprint density at radius 2 is 1.81 bits per heavy atom. The molecule has 0 aliphatic carbocycles. The zero-order valence-electron chi connectivity index (χ0n) is 15.3. The second-order valence-corrected chi connectivity index (χ2v) is 9.38. The van der Waals surface area contributed by atoms with Gasteiger partial charge in [0.25, 0.3) is 0 Å². The number of rotatable bonds is 6. The maximum absolute atomic E-state index is 12.6. The van der Waals surface area contributed by atoms with Gasteiger partial charge in [-0.1, -0.05) is 30.3 Å². The van der Waals surface area contributed by atoms with Gasteiger partial charge in [-0.3, -0.25) is 14.6 Å². The Bertz CT molecular complexity index is 713. The van der Waals surface area contributed by atoms with Crippen molar-refractivity contribution in [2.45, 2.75) is 32.5 Å². The highest BCUT2D eigenvalue weighted by atomic mass is 79.9. The van der Waals surface area contributed by atoms with Gasteiger partial charge in [0, 0.05) is 37.6 Å². The van der Waals surface area contributed by atoms with Gasteiger partial charge >= 0.3 is 0 Å². The highest BCUT2D eigenvalue weighted by Crippen LogP contribution is 2.23. The molecule has 1 fully saturated rings. The first-order chi connectivity index (χ1) is 12.5. The molecule has 140 valence electrons. The highest BCUT2D eigenvalue weighted by molar-refractivity contribution is 9.11. The Morgan fingerprint density at radius 1 is 1.12 bits per heavy atom. The van der Waals surface area contributed by atoms with Crippen LogP contribution in [-0.2, 0) is 11.3 Å². The van der Waals surface area contributed by atoms with E-state index in [0.29, 0.717) is 0 Å². The predicted octanol–water partition coefficient (Wildman–Crippen LogP) is 3.89. The van der Waals surface area contributed by atoms with Gasteiger partial charge in [-0.15, -0.1) is 11.3 Å². The summed E-state index contributed by atoms with van der Waals surface area (Å²) >= 11 is 5.32. The molecule has 26 heavy (non-hydrogen) atoms. The molecule has 0 radical (unpaired) electrons. The lowest BCUT2D eigenvalue weighted by atomic mass is 10.1. The second-order valence-electron chi connectivity index (χ2n) is 6.83. The standard InChI is InChI=1S/C20H26BrN3OS/c1-15(17-6-4-3-5-7-17)22-20(25)16(2)24-12-10-23(11-13-24)14-18-8-9-19(21)26-18/h3-9,15-16H,10-14H2,1-2H3,(H,22,25)/t15-,16+/m0/s1. The van der Waals surface area contributed by atoms with Crippen LogP contribution in [0.5, 0.6) is 0 Å². The maximum Gasteiger partial charge on any atom is 0.237 e. The van der Waals surface area contributed by atoms with Crippen LogP contribution in [0.15, 0.2) is 46.3 Å². The molecule has 2 heterocycles. The van der Waals surface area contributed by atoms with Crippen molar-refractivity contribution in [1.82, 2.24) is 15.1 Å². The number of nitrogens with one attached hydrogen (secondary N) is 1. The van der Waals surface area contributed by atoms with Gasteiger partial charge in [-0.2, -0.15) is 0 Å². The Balaban J connectivity index is 1.46. The molecule has 0 spiro atoms. The zero-order chi connectivity index (χ0) is 18.5. The molecule has 0 saturated carbocycles. The van der Waals surface area contributed by atoms with Crippen LogP contribution in [0.4, 0.5) is 0 Å². The van der Waals surface area contributed by atoms with Gasteiger partial charge in [0.05, 0.1) is 15.9 Å². The summed E-state index contributed by atoms with van der Waals surface area (Å²) in [4.78, 5) is 18.8. The molecule has 6 heteroatoms. The average molecular weight is 436 g/mol. The Kier molecular flexibility index (Phi) is 6.86. The number of nitrogens with zero attached hydrogens (tertiary/aromatic N) is 2. The van der Waals surface area contributed by atoms with E-state index in [9.17, 15) is 4.79 Å². The van der Waals surface area contributed by atoms with E-state index < -0.39 is 0 Å². The Morgan fingerprint density at radius 3 is 2.42 bits per heavy atom. The number of piperazine rings is 1. The van der Waals surface area contributed by atoms with Gasteiger partial charge in [0.1, 0.15) is 0 Å². The second kappa shape index (κ2) is 9.13. The number of thiophene rings is 1. The highest BCUT2D eigenvalue weighted by Gasteiger charge is 2.26. The predicted molar refractivity (Wildman–Crippen MR) is 111 cm³/mol. The third kappa shape index (κ3) is 5.16. The van der Waals surface area contributed by atoms with Crippen LogP contribution in [0.3, 0.4) is 0 Å². The van der Waals surface area contributed by atoms with E-state index in [0.717, 1.165) is 38.3 Å². The zero-order valence-corrected chi connectivity index (χ0v) is 17.7. The number of hydrogen-bond acceptors (Lipinski definition) is 4. The molecule has 4 nitrogen and oxygen atoms in total. The monoisotopic (exact) mass is 435 g/mol. The summed E-state index contributed by atoms with van der Waals surface area (Å²) < 4.78 is 1.18. The summed E-state index contributed by atoms with van der Waals surface area (Å²) in [5.41, 5.74) is 1.14. The van der Waals surface area contributed by atoms with E-state index in [2.05, 4.69) is 55.3 Å². The minimum atomic E-state index is -0.0980. The smallest absolute Gasteiger partial charge is 0.237 e. The first kappa shape index (κ1) is 19.5. The van der Waals surface area contributed by atoms with Crippen molar-refractivity contribution in [2.75, 3.05) is 26.2 Å². The van der Waals surface area contributed by atoms with Crippen LogP contribution in [0, 0.1) is 0 Å². The van der Waals surface area contributed by atoms with Crippen molar-refractivity contribution in [3.8, 4) is 0 Å². The minimum absolute atomic E-state index is 0.0321. The van der Waals surface area contributed by atoms with E-state index >= 15 is 0 Å². The van der Waals surface area contributed by atoms with Crippen LogP contribution < -0.4 is 5.32 Å². The summed E-state index contributed by atoms with van der Waals surface area (Å²) in [7, 11) is 0. The Hall–Kier alpha value is -1.21. The minimum Gasteiger partial charge on any atom is -0.348 e. The van der Waals surface area contributed by atoms with Gasteiger partial charge in [-0.05, 0) is 47.5 Å². The molecule has 1 amide bonds. The molecule has 1 aromatic carbocycles. The Labute approximate surface area is 168 Å². The SMILES string of the molecule is C[C@H](NC(=O)[C@@H](C)N1CCN(Cc2ccc(Br)s2)CC1)c1ccccc1. The van der Waals surface area contributed by atoms with Crippen LogP contribution >= 0.6 is 27.3 Å². The summed E-state index contributed by atoms with van der Waals surface area (Å²) in [6.07, 6.45) is 0. The van der Waals surface area contributed by atoms with Crippen molar-refractivity contribution in [3.63, 3.8) is 0 Å². The summed E-state index contributed by atoms with van der Waals surface area (Å²) in [6, 6.07) is 14.3. The first-order valence-corrected chi connectivity index (χ1v) is 10.7. The largest absolute Gasteiger partial charge is 0.348 e. The summed E-state index contributed by atoms with van der Waals surface area (Å²) in [5.74, 6) is 0.108. The molecule has 1 N–H and O–H groups in total. The first-order valence-electron chi connectivity index (χ1n) is 9.09. The van der Waals surface area contributed by atoms with E-state index in [1.807, 2.05) is 32.0 Å². The third-order valence-corrected chi connectivity index (χ3v) is 6.61. The molecule has 3 rings (SSSR count). The van der Waals surface area contributed by atoms with Crippen LogP contribution in [0.2, 0.25) is 0 Å². The topological polar surface area (TPSA) is 35.6 Å². The van der Waals surface area contributed by atoms with Crippen molar-refractivity contribution in [3.05, 3.63) is 56.7 Å². The van der Waals surface area contributed by atoms with Crippen LogP contribution in [0.1, 0.15) is 30.3 Å². The van der Waals surface area contributed by atoms with Crippen molar-refractivity contribution < 1.29 is 4.79 Å². The molecule has 1 saturated heterocycles. The average Bonchev–Trinajstić information content (AvgIpc) is 3.07. The van der Waals surface area contributed by atoms with E-state index in [4.69, 9.17) is 0 Å². The summed E-state index contributed by atoms with van der Waals surface area (Å²) in [5, 5.41) is 3.15.